The highest BCUT2D eigenvalue weighted by Crippen LogP contribution is 2.21. The van der Waals surface area contributed by atoms with Crippen LogP contribution in [0, 0.1) is 0 Å². The van der Waals surface area contributed by atoms with E-state index in [-0.39, 0.29) is 47.7 Å². The highest BCUT2D eigenvalue weighted by molar-refractivity contribution is 6.05. The number of hydrogen-bond donors (Lipinski definition) is 2. The summed E-state index contributed by atoms with van der Waals surface area (Å²) < 4.78 is 1.40. The molecule has 0 atom stereocenters. The molecule has 1 amide bonds. The minimum Gasteiger partial charge on any atom is -0.336 e. The van der Waals surface area contributed by atoms with Crippen LogP contribution in [-0.4, -0.2) is 51.5 Å². The van der Waals surface area contributed by atoms with E-state index in [0.29, 0.717) is 30.9 Å². The molecule has 27 heavy (non-hydrogen) atoms. The van der Waals surface area contributed by atoms with Crippen molar-refractivity contribution in [3.8, 4) is 0 Å². The van der Waals surface area contributed by atoms with Crippen molar-refractivity contribution in [3.05, 3.63) is 38.2 Å². The number of piperazine rings is 1. The minimum atomic E-state index is -0.564. The Bertz CT molecular complexity index is 933. The first-order chi connectivity index (χ1) is 11.9. The summed E-state index contributed by atoms with van der Waals surface area (Å²) in [5, 5.41) is 3.39. The molecule has 0 aliphatic carbocycles. The van der Waals surface area contributed by atoms with Crippen molar-refractivity contribution in [2.45, 2.75) is 33.2 Å². The van der Waals surface area contributed by atoms with Crippen LogP contribution in [0.25, 0.3) is 11.0 Å². The van der Waals surface area contributed by atoms with E-state index >= 15 is 0 Å². The summed E-state index contributed by atoms with van der Waals surface area (Å²) >= 11 is 0. The van der Waals surface area contributed by atoms with Gasteiger partial charge in [0.05, 0.1) is 10.9 Å². The Hall–Kier alpha value is -1.90. The number of nitrogens with zero attached hydrogens (tertiary/aromatic N) is 3. The van der Waals surface area contributed by atoms with Gasteiger partial charge >= 0.3 is 5.69 Å². The van der Waals surface area contributed by atoms with Crippen molar-refractivity contribution in [1.29, 1.82) is 0 Å². The predicted octanol–water partition coefficient (Wildman–Crippen LogP) is 1.12. The van der Waals surface area contributed by atoms with Gasteiger partial charge in [-0.15, -0.1) is 24.8 Å². The molecule has 0 bridgehead atoms. The molecule has 0 spiro atoms. The number of rotatable bonds is 3. The molecule has 8 nitrogen and oxygen atoms in total. The Balaban J connectivity index is 0.00000182. The number of amides is 1. The van der Waals surface area contributed by atoms with Gasteiger partial charge in [0, 0.05) is 38.4 Å². The second kappa shape index (κ2) is 9.34. The van der Waals surface area contributed by atoms with Crippen LogP contribution in [0.15, 0.2) is 15.7 Å². The maximum absolute atomic E-state index is 13.1. The highest BCUT2D eigenvalue weighted by Gasteiger charge is 2.24. The zero-order valence-electron chi connectivity index (χ0n) is 15.6. The molecule has 0 aromatic carbocycles. The summed E-state index contributed by atoms with van der Waals surface area (Å²) in [6.07, 6.45) is 0. The normalized spacial score (nSPS) is 14.0. The van der Waals surface area contributed by atoms with E-state index in [1.165, 1.54) is 4.57 Å². The highest BCUT2D eigenvalue weighted by atomic mass is 35.5. The second-order valence-electron chi connectivity index (χ2n) is 6.49. The molecule has 150 valence electrons. The number of carbonyl (C=O) groups excluding carboxylic acids is 1. The van der Waals surface area contributed by atoms with E-state index < -0.39 is 11.2 Å². The summed E-state index contributed by atoms with van der Waals surface area (Å²) in [5.41, 5.74) is 0.220. The van der Waals surface area contributed by atoms with Crippen LogP contribution >= 0.6 is 24.8 Å². The molecule has 2 N–H and O–H groups in total. The van der Waals surface area contributed by atoms with Gasteiger partial charge in [-0.05, 0) is 18.9 Å². The predicted molar refractivity (Wildman–Crippen MR) is 110 cm³/mol. The van der Waals surface area contributed by atoms with Crippen LogP contribution in [0.1, 0.15) is 42.7 Å². The molecule has 3 rings (SSSR count). The molecule has 0 unspecified atom stereocenters. The Morgan fingerprint density at radius 2 is 1.85 bits per heavy atom. The number of aryl methyl sites for hydroxylation is 1. The van der Waals surface area contributed by atoms with E-state index in [9.17, 15) is 14.4 Å². The van der Waals surface area contributed by atoms with Gasteiger partial charge in [-0.2, -0.15) is 0 Å². The molecule has 1 fully saturated rings. The lowest BCUT2D eigenvalue weighted by Gasteiger charge is -2.28. The number of H-pyrrole nitrogens is 1. The summed E-state index contributed by atoms with van der Waals surface area (Å²) in [7, 11) is 0. The van der Waals surface area contributed by atoms with Crippen LogP contribution in [0.3, 0.4) is 0 Å². The number of halogens is 2. The average molecular weight is 418 g/mol. The smallest absolute Gasteiger partial charge is 0.329 e. The van der Waals surface area contributed by atoms with E-state index in [4.69, 9.17) is 0 Å². The van der Waals surface area contributed by atoms with Crippen molar-refractivity contribution in [2.24, 2.45) is 0 Å². The molecule has 2 aromatic rings. The van der Waals surface area contributed by atoms with Crippen molar-refractivity contribution >= 4 is 41.8 Å². The largest absolute Gasteiger partial charge is 0.336 e. The van der Waals surface area contributed by atoms with Gasteiger partial charge in [0.25, 0.3) is 11.5 Å². The van der Waals surface area contributed by atoms with Gasteiger partial charge in [0.15, 0.2) is 5.65 Å². The van der Waals surface area contributed by atoms with Gasteiger partial charge in [0.1, 0.15) is 0 Å². The van der Waals surface area contributed by atoms with E-state index in [1.807, 2.05) is 13.8 Å². The summed E-state index contributed by atoms with van der Waals surface area (Å²) in [4.78, 5) is 46.2. The lowest BCUT2D eigenvalue weighted by molar-refractivity contribution is 0.0737. The van der Waals surface area contributed by atoms with Crippen molar-refractivity contribution in [2.75, 3.05) is 26.2 Å². The standard InChI is InChI=1S/C17H23N5O3.2ClH/c1-4-22-14-13(15(23)20-17(22)25)11(9-12(19-14)10(2)3)16(24)21-7-5-18-6-8-21;;/h9-10,18H,4-8H2,1-3H3,(H,20,23,25);2*1H. The van der Waals surface area contributed by atoms with E-state index in [0.717, 1.165) is 13.1 Å². The zero-order chi connectivity index (χ0) is 18.1. The average Bonchev–Trinajstić information content (AvgIpc) is 2.61. The molecular formula is C17H25Cl2N5O3. The quantitative estimate of drug-likeness (QED) is 0.778. The van der Waals surface area contributed by atoms with Gasteiger partial charge in [-0.3, -0.25) is 19.1 Å². The monoisotopic (exact) mass is 417 g/mol. The van der Waals surface area contributed by atoms with Crippen molar-refractivity contribution in [3.63, 3.8) is 0 Å². The van der Waals surface area contributed by atoms with Crippen LogP contribution < -0.4 is 16.6 Å². The minimum absolute atomic E-state index is 0. The van der Waals surface area contributed by atoms with Crippen LogP contribution in [0.4, 0.5) is 0 Å². The third kappa shape index (κ3) is 4.34. The fourth-order valence-electron chi connectivity index (χ4n) is 3.09. The first kappa shape index (κ1) is 23.1. The molecule has 1 aliphatic heterocycles. The van der Waals surface area contributed by atoms with Gasteiger partial charge in [-0.1, -0.05) is 13.8 Å². The first-order valence-electron chi connectivity index (χ1n) is 8.61. The Labute approximate surface area is 169 Å². The number of aromatic amines is 1. The lowest BCUT2D eigenvalue weighted by Crippen LogP contribution is -2.46. The number of carbonyl (C=O) groups is 1. The first-order valence-corrected chi connectivity index (χ1v) is 8.61. The van der Waals surface area contributed by atoms with Crippen molar-refractivity contribution in [1.82, 2.24) is 24.8 Å². The number of nitrogens with one attached hydrogen (secondary N) is 2. The zero-order valence-corrected chi connectivity index (χ0v) is 17.2. The number of pyridine rings is 1. The Morgan fingerprint density at radius 1 is 1.22 bits per heavy atom. The number of hydrogen-bond acceptors (Lipinski definition) is 5. The molecule has 1 saturated heterocycles. The second-order valence-corrected chi connectivity index (χ2v) is 6.49. The number of fused-ring (bicyclic) bond motifs is 1. The molecule has 3 heterocycles. The van der Waals surface area contributed by atoms with Crippen LogP contribution in [0.5, 0.6) is 0 Å². The topological polar surface area (TPSA) is 100 Å². The molecule has 0 radical (unpaired) electrons. The van der Waals surface area contributed by atoms with Gasteiger partial charge in [-0.25, -0.2) is 9.78 Å². The van der Waals surface area contributed by atoms with Gasteiger partial charge in [0.2, 0.25) is 0 Å². The molecule has 2 aromatic heterocycles. The molecule has 1 aliphatic rings. The molecular weight excluding hydrogens is 393 g/mol. The third-order valence-corrected chi connectivity index (χ3v) is 4.51. The van der Waals surface area contributed by atoms with Crippen LogP contribution in [-0.2, 0) is 6.54 Å². The summed E-state index contributed by atoms with van der Waals surface area (Å²) in [6, 6.07) is 1.69. The Kier molecular flexibility index (Phi) is 8.01. The van der Waals surface area contributed by atoms with Crippen molar-refractivity contribution < 1.29 is 4.79 Å². The van der Waals surface area contributed by atoms with E-state index in [2.05, 4.69) is 15.3 Å². The Morgan fingerprint density at radius 3 is 2.41 bits per heavy atom. The van der Waals surface area contributed by atoms with Gasteiger partial charge < -0.3 is 10.2 Å². The SMILES string of the molecule is CCn1c(=O)[nH]c(=O)c2c(C(=O)N3CCNCC3)cc(C(C)C)nc21.Cl.Cl. The maximum Gasteiger partial charge on any atom is 0.329 e. The molecule has 0 saturated carbocycles. The fourth-order valence-corrected chi connectivity index (χ4v) is 3.09. The third-order valence-electron chi connectivity index (χ3n) is 4.51. The summed E-state index contributed by atoms with van der Waals surface area (Å²) in [5.74, 6) is -0.124. The van der Waals surface area contributed by atoms with Crippen LogP contribution in [0.2, 0.25) is 0 Å². The number of aromatic nitrogens is 3. The summed E-state index contributed by atoms with van der Waals surface area (Å²) in [6.45, 7) is 8.73. The lowest BCUT2D eigenvalue weighted by atomic mass is 10.0. The van der Waals surface area contributed by atoms with E-state index in [1.54, 1.807) is 17.9 Å². The fraction of sp³-hybridized carbons (Fsp3) is 0.529. The molecule has 10 heteroatoms. The maximum atomic E-state index is 13.1.